The largest absolute Gasteiger partial charge is 0.462 e. The number of likely N-dealkylation sites (tertiary alicyclic amines) is 1. The second-order valence-corrected chi connectivity index (χ2v) is 4.01. The van der Waals surface area contributed by atoms with Crippen molar-refractivity contribution in [2.24, 2.45) is 0 Å². The Labute approximate surface area is 94.0 Å². The maximum absolute atomic E-state index is 11.6. The van der Waals surface area contributed by atoms with Crippen molar-refractivity contribution < 1.29 is 14.3 Å². The highest BCUT2D eigenvalue weighted by Gasteiger charge is 2.28. The minimum Gasteiger partial charge on any atom is -0.462 e. The van der Waals surface area contributed by atoms with Crippen LogP contribution in [0.5, 0.6) is 0 Å². The number of likely N-dealkylation sites (N-methyl/N-ethyl adjacent to an activating group) is 1. The van der Waals surface area contributed by atoms with Crippen LogP contribution in [0.3, 0.4) is 0 Å². The Balaban J connectivity index is 1.85. The summed E-state index contributed by atoms with van der Waals surface area (Å²) in [5.41, 5.74) is 0. The van der Waals surface area contributed by atoms with Crippen LogP contribution in [0.15, 0.2) is 16.5 Å². The maximum atomic E-state index is 11.6. The number of aliphatic hydroxyl groups is 1. The van der Waals surface area contributed by atoms with Crippen molar-refractivity contribution in [3.63, 3.8) is 0 Å². The number of nitrogens with zero attached hydrogens (tertiary/aromatic N) is 1. The van der Waals surface area contributed by atoms with Gasteiger partial charge in [0, 0.05) is 13.6 Å². The van der Waals surface area contributed by atoms with Crippen molar-refractivity contribution >= 4 is 5.91 Å². The molecule has 16 heavy (non-hydrogen) atoms. The number of amides is 1. The van der Waals surface area contributed by atoms with Gasteiger partial charge in [-0.2, -0.15) is 0 Å². The molecule has 2 N–H and O–H groups in total. The lowest BCUT2D eigenvalue weighted by Gasteiger charge is -2.10. The number of furan rings is 1. The molecule has 0 spiro atoms. The van der Waals surface area contributed by atoms with Gasteiger partial charge in [-0.15, -0.1) is 0 Å². The van der Waals surface area contributed by atoms with E-state index in [1.165, 1.54) is 0 Å². The van der Waals surface area contributed by atoms with E-state index in [1.807, 2.05) is 6.07 Å². The number of aliphatic hydroxyl groups excluding tert-OH is 1. The second-order valence-electron chi connectivity index (χ2n) is 4.01. The summed E-state index contributed by atoms with van der Waals surface area (Å²) in [6.07, 6.45) is 0.836. The van der Waals surface area contributed by atoms with Crippen LogP contribution in [0.2, 0.25) is 0 Å². The molecule has 2 rings (SSSR count). The highest BCUT2D eigenvalue weighted by molar-refractivity contribution is 5.83. The SMILES string of the molecule is CN1CCC(NCc2ccc(CO)o2)C1=O. The number of carbonyl (C=O) groups excluding carboxylic acids is 1. The zero-order valence-electron chi connectivity index (χ0n) is 9.27. The first-order chi connectivity index (χ1) is 7.70. The third-order valence-electron chi connectivity index (χ3n) is 2.82. The van der Waals surface area contributed by atoms with Crippen LogP contribution in [0, 0.1) is 0 Å². The van der Waals surface area contributed by atoms with Crippen molar-refractivity contribution in [1.29, 1.82) is 0 Å². The van der Waals surface area contributed by atoms with E-state index < -0.39 is 0 Å². The summed E-state index contributed by atoms with van der Waals surface area (Å²) in [6.45, 7) is 1.23. The smallest absolute Gasteiger partial charge is 0.239 e. The molecule has 5 heteroatoms. The Kier molecular flexibility index (Phi) is 3.26. The zero-order valence-corrected chi connectivity index (χ0v) is 9.27. The quantitative estimate of drug-likeness (QED) is 0.761. The Bertz CT molecular complexity index is 375. The van der Waals surface area contributed by atoms with Crippen LogP contribution in [-0.4, -0.2) is 35.5 Å². The summed E-state index contributed by atoms with van der Waals surface area (Å²) in [4.78, 5) is 13.3. The van der Waals surface area contributed by atoms with Gasteiger partial charge in [-0.3, -0.25) is 10.1 Å². The molecule has 5 nitrogen and oxygen atoms in total. The summed E-state index contributed by atoms with van der Waals surface area (Å²) < 4.78 is 5.32. The van der Waals surface area contributed by atoms with Crippen molar-refractivity contribution in [3.8, 4) is 0 Å². The maximum Gasteiger partial charge on any atom is 0.239 e. The summed E-state index contributed by atoms with van der Waals surface area (Å²) in [5, 5.41) is 12.0. The van der Waals surface area contributed by atoms with Crippen LogP contribution in [0.25, 0.3) is 0 Å². The van der Waals surface area contributed by atoms with Crippen LogP contribution in [-0.2, 0) is 17.9 Å². The Morgan fingerprint density at radius 2 is 2.31 bits per heavy atom. The highest BCUT2D eigenvalue weighted by Crippen LogP contribution is 2.11. The van der Waals surface area contributed by atoms with E-state index in [9.17, 15) is 4.79 Å². The molecular formula is C11H16N2O3. The number of hydrogen-bond acceptors (Lipinski definition) is 4. The first kappa shape index (κ1) is 11.2. The van der Waals surface area contributed by atoms with Gasteiger partial charge >= 0.3 is 0 Å². The zero-order chi connectivity index (χ0) is 11.5. The van der Waals surface area contributed by atoms with Crippen LogP contribution < -0.4 is 5.32 Å². The highest BCUT2D eigenvalue weighted by atomic mass is 16.4. The summed E-state index contributed by atoms with van der Waals surface area (Å²) in [7, 11) is 1.81. The van der Waals surface area contributed by atoms with E-state index in [1.54, 1.807) is 18.0 Å². The Morgan fingerprint density at radius 3 is 2.88 bits per heavy atom. The molecule has 1 atom stereocenters. The summed E-state index contributed by atoms with van der Waals surface area (Å²) in [6, 6.07) is 3.44. The number of nitrogens with one attached hydrogen (secondary N) is 1. The summed E-state index contributed by atoms with van der Waals surface area (Å²) in [5.74, 6) is 1.42. The van der Waals surface area contributed by atoms with Crippen LogP contribution >= 0.6 is 0 Å². The molecule has 88 valence electrons. The monoisotopic (exact) mass is 224 g/mol. The molecule has 1 unspecified atom stereocenters. The topological polar surface area (TPSA) is 65.7 Å². The van der Waals surface area contributed by atoms with Gasteiger partial charge in [-0.05, 0) is 18.6 Å². The fourth-order valence-corrected chi connectivity index (χ4v) is 1.84. The molecule has 1 aromatic rings. The Hall–Kier alpha value is -1.33. The van der Waals surface area contributed by atoms with Crippen molar-refractivity contribution in [2.75, 3.05) is 13.6 Å². The standard InChI is InChI=1S/C11H16N2O3/c1-13-5-4-10(11(13)15)12-6-8-2-3-9(7-14)16-8/h2-3,10,12,14H,4-7H2,1H3. The third-order valence-corrected chi connectivity index (χ3v) is 2.82. The Morgan fingerprint density at radius 1 is 1.56 bits per heavy atom. The van der Waals surface area contributed by atoms with Gasteiger partial charge in [0.15, 0.2) is 0 Å². The lowest BCUT2D eigenvalue weighted by molar-refractivity contribution is -0.128. The molecule has 1 saturated heterocycles. The third kappa shape index (κ3) is 2.25. The molecule has 0 saturated carbocycles. The fraction of sp³-hybridized carbons (Fsp3) is 0.545. The minimum absolute atomic E-state index is 0.0922. The molecule has 1 aliphatic rings. The van der Waals surface area contributed by atoms with Gasteiger partial charge in [0.2, 0.25) is 5.91 Å². The van der Waals surface area contributed by atoms with Gasteiger partial charge in [0.25, 0.3) is 0 Å². The first-order valence-electron chi connectivity index (χ1n) is 5.37. The van der Waals surface area contributed by atoms with Gasteiger partial charge in [0.1, 0.15) is 18.1 Å². The van der Waals surface area contributed by atoms with E-state index in [4.69, 9.17) is 9.52 Å². The second kappa shape index (κ2) is 4.67. The van der Waals surface area contributed by atoms with E-state index in [0.717, 1.165) is 18.7 Å². The summed E-state index contributed by atoms with van der Waals surface area (Å²) >= 11 is 0. The normalized spacial score (nSPS) is 20.8. The van der Waals surface area contributed by atoms with Gasteiger partial charge in [-0.1, -0.05) is 0 Å². The average molecular weight is 224 g/mol. The average Bonchev–Trinajstić information content (AvgIpc) is 2.86. The predicted octanol–water partition coefficient (Wildman–Crippen LogP) is 0.0922. The van der Waals surface area contributed by atoms with Gasteiger partial charge < -0.3 is 14.4 Å². The molecular weight excluding hydrogens is 208 g/mol. The molecule has 1 amide bonds. The van der Waals surface area contributed by atoms with Gasteiger partial charge in [-0.25, -0.2) is 0 Å². The molecule has 1 aromatic heterocycles. The van der Waals surface area contributed by atoms with E-state index >= 15 is 0 Å². The van der Waals surface area contributed by atoms with E-state index in [0.29, 0.717) is 12.3 Å². The molecule has 1 fully saturated rings. The molecule has 1 aliphatic heterocycles. The number of hydrogen-bond donors (Lipinski definition) is 2. The molecule has 0 aromatic carbocycles. The number of carbonyl (C=O) groups is 1. The van der Waals surface area contributed by atoms with Gasteiger partial charge in [0.05, 0.1) is 12.6 Å². The van der Waals surface area contributed by atoms with Crippen molar-refractivity contribution in [2.45, 2.75) is 25.6 Å². The lowest BCUT2D eigenvalue weighted by atomic mass is 10.2. The van der Waals surface area contributed by atoms with Crippen molar-refractivity contribution in [3.05, 3.63) is 23.7 Å². The number of rotatable bonds is 4. The minimum atomic E-state index is -0.104. The molecule has 0 bridgehead atoms. The van der Waals surface area contributed by atoms with Crippen molar-refractivity contribution in [1.82, 2.24) is 10.2 Å². The molecule has 0 aliphatic carbocycles. The molecule has 0 radical (unpaired) electrons. The van der Waals surface area contributed by atoms with E-state index in [-0.39, 0.29) is 18.6 Å². The van der Waals surface area contributed by atoms with Crippen LogP contribution in [0.4, 0.5) is 0 Å². The molecule has 2 heterocycles. The lowest BCUT2D eigenvalue weighted by Crippen LogP contribution is -2.36. The first-order valence-corrected chi connectivity index (χ1v) is 5.37. The van der Waals surface area contributed by atoms with Crippen LogP contribution in [0.1, 0.15) is 17.9 Å². The van der Waals surface area contributed by atoms with E-state index in [2.05, 4.69) is 5.32 Å². The fourth-order valence-electron chi connectivity index (χ4n) is 1.84. The predicted molar refractivity (Wildman–Crippen MR) is 57.5 cm³/mol.